The lowest BCUT2D eigenvalue weighted by molar-refractivity contribution is 0.172. The molecule has 3 atom stereocenters. The summed E-state index contributed by atoms with van der Waals surface area (Å²) < 4.78 is 24.0. The van der Waals surface area contributed by atoms with Gasteiger partial charge in [-0.3, -0.25) is 9.80 Å². The number of ether oxygens (including phenoxy) is 2. The lowest BCUT2D eigenvalue weighted by Gasteiger charge is -2.23. The van der Waals surface area contributed by atoms with Crippen molar-refractivity contribution in [2.45, 2.75) is 59.0 Å². The number of isothiocyanates is 1. The van der Waals surface area contributed by atoms with Gasteiger partial charge >= 0.3 is 0 Å². The van der Waals surface area contributed by atoms with E-state index in [0.29, 0.717) is 12.1 Å². The second-order valence-electron chi connectivity index (χ2n) is 9.07. The molecule has 4 rings (SSSR count). The van der Waals surface area contributed by atoms with Crippen LogP contribution in [0, 0.1) is 0 Å². The minimum atomic E-state index is -0.697. The molecule has 2 aromatic rings. The summed E-state index contributed by atoms with van der Waals surface area (Å²) >= 11 is 6.24. The molecule has 0 radical (unpaired) electrons. The topological polar surface area (TPSA) is 63.3 Å². The normalized spacial score (nSPS) is 18.1. The predicted octanol–water partition coefficient (Wildman–Crippen LogP) is 7.10. The number of nitrogen functional groups attached to an aromatic ring is 1. The SMILES string of the molecule is C.C[C@H](COc1ccc(N)cc1)N1CCCC1.C[C@H](COc1ccc(N=C=S)cc1)N1CCCC1.[2H]C([3H])I. The highest BCUT2D eigenvalue weighted by molar-refractivity contribution is 14.1. The minimum absolute atomic E-state index is 0. The maximum Gasteiger partial charge on any atom is 0.119 e. The van der Waals surface area contributed by atoms with Gasteiger partial charge in [0, 0.05) is 20.5 Å². The number of hydrogen-bond acceptors (Lipinski definition) is 7. The van der Waals surface area contributed by atoms with Crippen LogP contribution in [0.3, 0.4) is 0 Å². The van der Waals surface area contributed by atoms with Crippen LogP contribution in [0.25, 0.3) is 0 Å². The molecule has 0 aromatic heterocycles. The van der Waals surface area contributed by atoms with E-state index in [9.17, 15) is 0 Å². The monoisotopic (exact) mass is 643 g/mol. The maximum atomic E-state index is 6.24. The highest BCUT2D eigenvalue weighted by atomic mass is 127. The third kappa shape index (κ3) is 12.6. The van der Waals surface area contributed by atoms with Gasteiger partial charge in [-0.2, -0.15) is 4.99 Å². The second-order valence-corrected chi connectivity index (χ2v) is 9.25. The smallest absolute Gasteiger partial charge is 0.119 e. The molecule has 2 aliphatic heterocycles. The molecule has 37 heavy (non-hydrogen) atoms. The first kappa shape index (κ1) is 29.8. The number of alkyl halides is 1. The van der Waals surface area contributed by atoms with Gasteiger partial charge in [-0.05, 0) is 131 Å². The Hall–Kier alpha value is -1.71. The van der Waals surface area contributed by atoms with Crippen LogP contribution in [0.1, 0.15) is 49.7 Å². The Balaban J connectivity index is 0.000000337. The summed E-state index contributed by atoms with van der Waals surface area (Å²) in [7, 11) is 0. The fourth-order valence-corrected chi connectivity index (χ4v) is 4.35. The number of benzene rings is 2. The zero-order valence-corrected chi connectivity index (χ0v) is 24.4. The van der Waals surface area contributed by atoms with Crippen molar-refractivity contribution in [1.29, 1.82) is 0 Å². The highest BCUT2D eigenvalue weighted by Gasteiger charge is 2.19. The number of aliphatic imine (C=N–C) groups is 1. The molecular formula is C29H45IN4O2S. The molecule has 0 aliphatic carbocycles. The molecule has 2 saturated heterocycles. The van der Waals surface area contributed by atoms with Crippen molar-refractivity contribution >= 4 is 51.3 Å². The molecule has 0 spiro atoms. The molecule has 2 aliphatic rings. The van der Waals surface area contributed by atoms with E-state index in [2.05, 4.69) is 46.0 Å². The standard InChI is InChI=1S/C14H18N2OS.C13H20N2O.CH3I.CH4/c1-12(16-8-2-3-9-16)10-17-14-6-4-13(5-7-14)15-11-18;1-11(15-8-2-3-9-15)10-16-13-6-4-12(14)5-7-13;1-2;/h4-7,12H,2-3,8-10H2,1H3;4-7,11H,2-3,8-10,14H2,1H3;1H3;1H4/t12-;11-;;/m11../s1/i;;1TD;. The Morgan fingerprint density at radius 3 is 1.70 bits per heavy atom. The van der Waals surface area contributed by atoms with Gasteiger partial charge in [0.25, 0.3) is 0 Å². The summed E-state index contributed by atoms with van der Waals surface area (Å²) in [6, 6.07) is 16.2. The molecule has 2 heterocycles. The Labute approximate surface area is 246 Å². The molecule has 206 valence electrons. The van der Waals surface area contributed by atoms with Gasteiger partial charge < -0.3 is 15.2 Å². The Morgan fingerprint density at radius 1 is 0.946 bits per heavy atom. The zero-order valence-electron chi connectivity index (χ0n) is 23.4. The molecule has 2 fully saturated rings. The average Bonchev–Trinajstić information content (AvgIpc) is 3.63. The Morgan fingerprint density at radius 2 is 1.32 bits per heavy atom. The fraction of sp³-hybridized carbons (Fsp3) is 0.552. The number of nitrogens with zero attached hydrogens (tertiary/aromatic N) is 3. The number of anilines is 1. The molecule has 6 nitrogen and oxygen atoms in total. The number of nitrogens with two attached hydrogens (primary N) is 1. The summed E-state index contributed by atoms with van der Waals surface area (Å²) in [5, 5.41) is 2.35. The first-order valence-electron chi connectivity index (χ1n) is 13.7. The summed E-state index contributed by atoms with van der Waals surface area (Å²) in [5.41, 5.74) is 7.21. The largest absolute Gasteiger partial charge is 0.492 e. The van der Waals surface area contributed by atoms with Crippen molar-refractivity contribution in [2.24, 2.45) is 4.99 Å². The lowest BCUT2D eigenvalue weighted by Crippen LogP contribution is -2.34. The van der Waals surface area contributed by atoms with Crippen LogP contribution >= 0.6 is 34.8 Å². The number of rotatable bonds is 9. The third-order valence-electron chi connectivity index (χ3n) is 6.40. The predicted molar refractivity (Wildman–Crippen MR) is 170 cm³/mol. The fourth-order valence-electron chi connectivity index (χ4n) is 4.24. The Kier molecular flexibility index (Phi) is 15.6. The summed E-state index contributed by atoms with van der Waals surface area (Å²) in [6.07, 6.45) is 5.28. The summed E-state index contributed by atoms with van der Waals surface area (Å²) in [4.78, 5) is 8.17. The van der Waals surface area contributed by atoms with Crippen molar-refractivity contribution in [1.82, 2.24) is 9.80 Å². The van der Waals surface area contributed by atoms with Gasteiger partial charge in [0.15, 0.2) is 0 Å². The average molecular weight is 644 g/mol. The number of likely N-dealkylation sites (tertiary alicyclic amines) is 2. The van der Waals surface area contributed by atoms with E-state index >= 15 is 0 Å². The van der Waals surface area contributed by atoms with E-state index in [4.69, 9.17) is 17.9 Å². The molecule has 2 N–H and O–H groups in total. The first-order valence-corrected chi connectivity index (χ1v) is 14.2. The number of thiocarbonyl (C=S) groups is 1. The highest BCUT2D eigenvalue weighted by Crippen LogP contribution is 2.19. The zero-order chi connectivity index (χ0) is 27.8. The molecule has 8 heteroatoms. The molecule has 0 amide bonds. The van der Waals surface area contributed by atoms with Gasteiger partial charge in [0.1, 0.15) is 24.7 Å². The van der Waals surface area contributed by atoms with Crippen molar-refractivity contribution in [3.63, 3.8) is 0 Å². The molecule has 0 bridgehead atoms. The van der Waals surface area contributed by atoms with E-state index < -0.39 is 4.88 Å². The van der Waals surface area contributed by atoms with E-state index in [1.165, 1.54) is 51.9 Å². The first-order chi connectivity index (χ1) is 18.3. The lowest BCUT2D eigenvalue weighted by atomic mass is 10.3. The minimum Gasteiger partial charge on any atom is -0.492 e. The van der Waals surface area contributed by atoms with Crippen molar-refractivity contribution in [3.8, 4) is 11.5 Å². The van der Waals surface area contributed by atoms with E-state index in [1.54, 1.807) is 22.6 Å². The van der Waals surface area contributed by atoms with Crippen LogP contribution in [0.5, 0.6) is 11.5 Å². The van der Waals surface area contributed by atoms with E-state index in [0.717, 1.165) is 36.1 Å². The van der Waals surface area contributed by atoms with Crippen molar-refractivity contribution < 1.29 is 12.2 Å². The van der Waals surface area contributed by atoms with Gasteiger partial charge in [-0.1, -0.05) is 30.0 Å². The van der Waals surface area contributed by atoms with E-state index in [-0.39, 0.29) is 7.43 Å². The van der Waals surface area contributed by atoms with Gasteiger partial charge in [0.05, 0.1) is 10.8 Å². The van der Waals surface area contributed by atoms with Crippen LogP contribution in [0.4, 0.5) is 11.4 Å². The van der Waals surface area contributed by atoms with Crippen LogP contribution in [-0.2, 0) is 0 Å². The van der Waals surface area contributed by atoms with Gasteiger partial charge in [-0.25, -0.2) is 0 Å². The van der Waals surface area contributed by atoms with Crippen LogP contribution < -0.4 is 15.2 Å². The van der Waals surface area contributed by atoms with Crippen LogP contribution in [0.15, 0.2) is 53.5 Å². The van der Waals surface area contributed by atoms with Crippen molar-refractivity contribution in [3.05, 3.63) is 48.5 Å². The summed E-state index contributed by atoms with van der Waals surface area (Å²) in [5.74, 6) is 1.78. The quantitative estimate of drug-likeness (QED) is 0.103. The molecule has 2 aromatic carbocycles. The third-order valence-corrected chi connectivity index (χ3v) is 6.49. The van der Waals surface area contributed by atoms with Gasteiger partial charge in [0.2, 0.25) is 0 Å². The number of hydrogen-bond donors (Lipinski definition) is 1. The van der Waals surface area contributed by atoms with Crippen LogP contribution in [0.2, 0.25) is 0 Å². The summed E-state index contributed by atoms with van der Waals surface area (Å²) in [6.45, 7) is 10.8. The Bertz CT molecular complexity index is 948. The molecule has 0 saturated carbocycles. The molecule has 1 unspecified atom stereocenters. The number of halogens is 1. The van der Waals surface area contributed by atoms with Gasteiger partial charge in [-0.15, -0.1) is 0 Å². The maximum absolute atomic E-state index is 6.24. The van der Waals surface area contributed by atoms with Crippen LogP contribution in [-0.4, -0.2) is 71.3 Å². The van der Waals surface area contributed by atoms with E-state index in [1.807, 2.05) is 48.5 Å². The van der Waals surface area contributed by atoms with Crippen molar-refractivity contribution in [2.75, 3.05) is 50.0 Å². The second kappa shape index (κ2) is 19.4. The molecular weight excluding hydrogens is 595 g/mol.